The highest BCUT2D eigenvalue weighted by Crippen LogP contribution is 2.30. The Labute approximate surface area is 175 Å². The molecule has 0 amide bonds. The van der Waals surface area contributed by atoms with E-state index in [1.165, 1.54) is 32.4 Å². The molecule has 162 valence electrons. The molecule has 2 aliphatic heterocycles. The highest BCUT2D eigenvalue weighted by Gasteiger charge is 2.40. The molecule has 0 unspecified atom stereocenters. The Kier molecular flexibility index (Phi) is 7.58. The summed E-state index contributed by atoms with van der Waals surface area (Å²) < 4.78 is 17.8. The molecule has 29 heavy (non-hydrogen) atoms. The summed E-state index contributed by atoms with van der Waals surface area (Å²) in [6.07, 6.45) is 4.57. The molecular weight excluding hydrogens is 366 g/mol. The largest absolute Gasteiger partial charge is 0.493 e. The van der Waals surface area contributed by atoms with Gasteiger partial charge in [0.05, 0.1) is 49.9 Å². The molecule has 2 heterocycles. The second-order valence-corrected chi connectivity index (χ2v) is 9.72. The smallest absolute Gasteiger partial charge is 0.338 e. The van der Waals surface area contributed by atoms with Crippen molar-refractivity contribution in [1.29, 1.82) is 0 Å². The lowest BCUT2D eigenvalue weighted by atomic mass is 9.87. The first-order chi connectivity index (χ1) is 13.8. The van der Waals surface area contributed by atoms with Crippen molar-refractivity contribution in [3.63, 3.8) is 0 Å². The van der Waals surface area contributed by atoms with Gasteiger partial charge in [0, 0.05) is 6.42 Å². The standard InChI is InChI=1S/C24H37NO4/c1-18(2)16-27-21-10-8-19(9-11-21)23(26)29-22-14-24(3,4)28-17-20(22)15-25-12-6-5-7-13-25/h8-11,18,20,22H,5-7,12-17H2,1-4H3/p+1/t20-,22+/m1/s1. The maximum Gasteiger partial charge on any atom is 0.338 e. The van der Waals surface area contributed by atoms with E-state index in [2.05, 4.69) is 27.7 Å². The summed E-state index contributed by atoms with van der Waals surface area (Å²) in [6.45, 7) is 13.2. The van der Waals surface area contributed by atoms with Crippen LogP contribution < -0.4 is 9.64 Å². The highest BCUT2D eigenvalue weighted by molar-refractivity contribution is 5.89. The molecule has 3 rings (SSSR count). The Morgan fingerprint density at radius 1 is 1.17 bits per heavy atom. The summed E-state index contributed by atoms with van der Waals surface area (Å²) in [6, 6.07) is 7.30. The van der Waals surface area contributed by atoms with E-state index in [0.717, 1.165) is 18.7 Å². The van der Waals surface area contributed by atoms with Crippen LogP contribution in [0.4, 0.5) is 0 Å². The van der Waals surface area contributed by atoms with Gasteiger partial charge in [0.25, 0.3) is 0 Å². The van der Waals surface area contributed by atoms with Crippen LogP contribution in [0.3, 0.4) is 0 Å². The summed E-state index contributed by atoms with van der Waals surface area (Å²) in [5.41, 5.74) is 0.322. The number of quaternary nitrogens is 1. The van der Waals surface area contributed by atoms with E-state index in [9.17, 15) is 4.79 Å². The van der Waals surface area contributed by atoms with Crippen molar-refractivity contribution in [2.45, 2.75) is 65.1 Å². The Hall–Kier alpha value is -1.59. The van der Waals surface area contributed by atoms with Gasteiger partial charge in [-0.1, -0.05) is 13.8 Å². The molecule has 0 aliphatic carbocycles. The third-order valence-corrected chi connectivity index (χ3v) is 5.95. The number of ether oxygens (including phenoxy) is 3. The Bertz CT molecular complexity index is 649. The van der Waals surface area contributed by atoms with E-state index in [1.54, 1.807) is 17.0 Å². The summed E-state index contributed by atoms with van der Waals surface area (Å²) in [5, 5.41) is 0. The molecule has 2 atom stereocenters. The van der Waals surface area contributed by atoms with Gasteiger partial charge in [-0.3, -0.25) is 0 Å². The number of carbonyl (C=O) groups excluding carboxylic acids is 1. The zero-order valence-electron chi connectivity index (χ0n) is 18.5. The van der Waals surface area contributed by atoms with E-state index in [0.29, 0.717) is 24.7 Å². The van der Waals surface area contributed by atoms with Gasteiger partial charge in [-0.05, 0) is 63.3 Å². The van der Waals surface area contributed by atoms with Crippen molar-refractivity contribution in [1.82, 2.24) is 0 Å². The molecule has 1 N–H and O–H groups in total. The fourth-order valence-electron chi connectivity index (χ4n) is 4.26. The Balaban J connectivity index is 1.61. The highest BCUT2D eigenvalue weighted by atomic mass is 16.6. The molecule has 1 aromatic rings. The number of esters is 1. The van der Waals surface area contributed by atoms with Crippen molar-refractivity contribution in [3.8, 4) is 5.75 Å². The van der Waals surface area contributed by atoms with Crippen molar-refractivity contribution >= 4 is 5.97 Å². The minimum absolute atomic E-state index is 0.0995. The van der Waals surface area contributed by atoms with Gasteiger partial charge < -0.3 is 19.1 Å². The minimum atomic E-state index is -0.257. The zero-order valence-corrected chi connectivity index (χ0v) is 18.5. The van der Waals surface area contributed by atoms with E-state index in [1.807, 2.05) is 12.1 Å². The molecule has 0 aromatic heterocycles. The fraction of sp³-hybridized carbons (Fsp3) is 0.708. The van der Waals surface area contributed by atoms with Gasteiger partial charge in [-0.2, -0.15) is 0 Å². The molecule has 0 bridgehead atoms. The Morgan fingerprint density at radius 2 is 1.86 bits per heavy atom. The summed E-state index contributed by atoms with van der Waals surface area (Å²) in [7, 11) is 0. The number of benzene rings is 1. The second-order valence-electron chi connectivity index (χ2n) is 9.72. The minimum Gasteiger partial charge on any atom is -0.493 e. The normalized spacial score (nSPS) is 25.0. The van der Waals surface area contributed by atoms with Crippen LogP contribution in [0.2, 0.25) is 0 Å². The Morgan fingerprint density at radius 3 is 2.52 bits per heavy atom. The maximum atomic E-state index is 12.8. The molecule has 0 saturated carbocycles. The molecule has 0 spiro atoms. The summed E-state index contributed by atoms with van der Waals surface area (Å²) >= 11 is 0. The van der Waals surface area contributed by atoms with Crippen molar-refractivity contribution in [2.24, 2.45) is 11.8 Å². The van der Waals surface area contributed by atoms with E-state index < -0.39 is 0 Å². The first kappa shape index (κ1) is 22.1. The van der Waals surface area contributed by atoms with Crippen LogP contribution >= 0.6 is 0 Å². The zero-order chi connectivity index (χ0) is 20.9. The van der Waals surface area contributed by atoms with Crippen molar-refractivity contribution in [2.75, 3.05) is 32.8 Å². The number of piperidine rings is 1. The molecular formula is C24H38NO4+. The predicted molar refractivity (Wildman–Crippen MR) is 114 cm³/mol. The topological polar surface area (TPSA) is 49.2 Å². The molecule has 0 radical (unpaired) electrons. The van der Waals surface area contributed by atoms with Crippen LogP contribution in [0.1, 0.15) is 63.7 Å². The maximum absolute atomic E-state index is 12.8. The van der Waals surface area contributed by atoms with E-state index >= 15 is 0 Å². The van der Waals surface area contributed by atoms with Crippen LogP contribution in [0.25, 0.3) is 0 Å². The number of carbonyl (C=O) groups is 1. The summed E-state index contributed by atoms with van der Waals surface area (Å²) in [4.78, 5) is 14.5. The fourth-order valence-corrected chi connectivity index (χ4v) is 4.26. The molecule has 2 fully saturated rings. The van der Waals surface area contributed by atoms with Crippen LogP contribution in [0.5, 0.6) is 5.75 Å². The van der Waals surface area contributed by atoms with E-state index in [4.69, 9.17) is 14.2 Å². The average Bonchev–Trinajstić information content (AvgIpc) is 2.69. The van der Waals surface area contributed by atoms with Gasteiger partial charge >= 0.3 is 5.97 Å². The van der Waals surface area contributed by atoms with Crippen LogP contribution in [0.15, 0.2) is 24.3 Å². The van der Waals surface area contributed by atoms with Crippen LogP contribution in [0, 0.1) is 11.8 Å². The van der Waals surface area contributed by atoms with Gasteiger partial charge in [0.1, 0.15) is 11.9 Å². The first-order valence-electron chi connectivity index (χ1n) is 11.2. The van der Waals surface area contributed by atoms with Gasteiger partial charge in [-0.25, -0.2) is 4.79 Å². The molecule has 5 nitrogen and oxygen atoms in total. The second kappa shape index (κ2) is 9.94. The third-order valence-electron chi connectivity index (χ3n) is 5.95. The number of hydrogen-bond donors (Lipinski definition) is 1. The van der Waals surface area contributed by atoms with Crippen LogP contribution in [-0.4, -0.2) is 50.5 Å². The van der Waals surface area contributed by atoms with Crippen molar-refractivity contribution in [3.05, 3.63) is 29.8 Å². The average molecular weight is 405 g/mol. The molecule has 5 heteroatoms. The third kappa shape index (κ3) is 6.71. The quantitative estimate of drug-likeness (QED) is 0.710. The molecule has 2 saturated heterocycles. The van der Waals surface area contributed by atoms with Gasteiger partial charge in [0.15, 0.2) is 0 Å². The lowest BCUT2D eigenvalue weighted by Gasteiger charge is -2.41. The van der Waals surface area contributed by atoms with Gasteiger partial charge in [0.2, 0.25) is 0 Å². The summed E-state index contributed by atoms with van der Waals surface area (Å²) in [5.74, 6) is 1.26. The van der Waals surface area contributed by atoms with Crippen molar-refractivity contribution < 1.29 is 23.9 Å². The van der Waals surface area contributed by atoms with Gasteiger partial charge in [-0.15, -0.1) is 0 Å². The number of hydrogen-bond acceptors (Lipinski definition) is 4. The lowest BCUT2D eigenvalue weighted by molar-refractivity contribution is -0.909. The SMILES string of the molecule is CC(C)COc1ccc(C(=O)O[C@H]2CC(C)(C)OC[C@H]2C[NH+]2CCCCC2)cc1. The molecule has 1 aromatic carbocycles. The first-order valence-corrected chi connectivity index (χ1v) is 11.2. The monoisotopic (exact) mass is 404 g/mol. The molecule has 2 aliphatic rings. The predicted octanol–water partition coefficient (Wildman–Crippen LogP) is 3.13. The lowest BCUT2D eigenvalue weighted by Crippen LogP contribution is -3.13. The van der Waals surface area contributed by atoms with Crippen LogP contribution in [-0.2, 0) is 9.47 Å². The number of likely N-dealkylation sites (tertiary alicyclic amines) is 1. The number of rotatable bonds is 7. The van der Waals surface area contributed by atoms with E-state index in [-0.39, 0.29) is 23.6 Å². The number of nitrogens with one attached hydrogen (secondary N) is 1.